The van der Waals surface area contributed by atoms with E-state index in [1.54, 1.807) is 0 Å². The van der Waals surface area contributed by atoms with Crippen molar-refractivity contribution in [2.24, 2.45) is 0 Å². The molecule has 0 aromatic carbocycles. The van der Waals surface area contributed by atoms with Crippen LogP contribution in [0.1, 0.15) is 19.3 Å². The topological polar surface area (TPSA) is 12.0 Å². The van der Waals surface area contributed by atoms with E-state index in [-0.39, 0.29) is 14.9 Å². The number of hydrogen-bond donors (Lipinski definition) is 1. The van der Waals surface area contributed by atoms with Gasteiger partial charge in [0, 0.05) is 0 Å². The van der Waals surface area contributed by atoms with Crippen LogP contribution in [0.3, 0.4) is 0 Å². The van der Waals surface area contributed by atoms with Gasteiger partial charge in [-0.3, -0.25) is 0 Å². The summed E-state index contributed by atoms with van der Waals surface area (Å²) >= 11 is 0. The largest absolute Gasteiger partial charge is 4.00 e. The predicted molar refractivity (Wildman–Crippen MR) is 142 cm³/mol. The van der Waals surface area contributed by atoms with E-state index in [0.717, 1.165) is 0 Å². The summed E-state index contributed by atoms with van der Waals surface area (Å²) in [6, 6.07) is 0. The first-order valence-electron chi connectivity index (χ1n) is 10.8. The standard InChI is InChI=1S/C5H11N.2C.8F6P/c1-2-4-6-5-3-1;;;8*1-7(2,3,4,5)6/h6H,1-5H2;;;;;;;;;;/q;2*+4;8*-1. The van der Waals surface area contributed by atoms with Crippen LogP contribution in [-0.2, 0) is 0 Å². The van der Waals surface area contributed by atoms with E-state index in [2.05, 4.69) is 5.32 Å². The fraction of sp³-hybridized carbons (Fsp3) is 0.714. The molecule has 0 amide bonds. The van der Waals surface area contributed by atoms with Gasteiger partial charge in [-0.05, 0) is 25.9 Å². The van der Waals surface area contributed by atoms with Crippen molar-refractivity contribution in [3.63, 3.8) is 0 Å². The van der Waals surface area contributed by atoms with Gasteiger partial charge >= 0.3 is 279 Å². The van der Waals surface area contributed by atoms with Crippen molar-refractivity contribution in [2.75, 3.05) is 13.1 Å². The van der Waals surface area contributed by atoms with Crippen LogP contribution in [0.5, 0.6) is 0 Å². The third kappa shape index (κ3) is 6340. The molecule has 420 valence electrons. The molecule has 0 saturated carbocycles. The molecule has 1 fully saturated rings. The Hall–Kier alpha value is 0.0400. The summed E-state index contributed by atoms with van der Waals surface area (Å²) in [5.41, 5.74) is 0. The first-order valence-corrected chi connectivity index (χ1v) is 27.0. The SMILES string of the molecule is C1CCNCC1.F[P-](F)(F)(F)(F)F.F[P-](F)(F)(F)(F)F.F[P-](F)(F)(F)(F)F.F[P-](F)(F)(F)(F)F.F[P-](F)(F)(F)(F)F.F[P-](F)(F)(F)(F)F.F[P-](F)(F)(F)(F)F.F[P-](F)(F)(F)(F)F.[C+4].[C+4]. The maximum absolute atomic E-state index is 10.7. The Labute approximate surface area is 317 Å². The molecule has 0 aromatic rings. The second-order valence-corrected chi connectivity index (χ2v) is 24.8. The monoisotopic (exact) mass is 1270 g/mol. The van der Waals surface area contributed by atoms with E-state index in [0.29, 0.717) is 0 Å². The summed E-state index contributed by atoms with van der Waals surface area (Å²) in [6.45, 7) is 2.50. The molecule has 64 heavy (non-hydrogen) atoms. The van der Waals surface area contributed by atoms with Crippen molar-refractivity contribution < 1.29 is 201 Å². The third-order valence-corrected chi connectivity index (χ3v) is 1.21. The first kappa shape index (κ1) is 87.1. The summed E-state index contributed by atoms with van der Waals surface area (Å²) in [4.78, 5) is 0. The fourth-order valence-corrected chi connectivity index (χ4v) is 0.802. The average Bonchev–Trinajstić information content (AvgIpc) is 2.38. The van der Waals surface area contributed by atoms with Gasteiger partial charge < -0.3 is 5.32 Å². The molecular formula is C7H11F48NP8. The number of rotatable bonds is 0. The Morgan fingerprint density at radius 1 is 0.156 bits per heavy atom. The van der Waals surface area contributed by atoms with Crippen LogP contribution in [0.2, 0.25) is 0 Å². The van der Waals surface area contributed by atoms with E-state index in [1.807, 2.05) is 0 Å². The summed E-state index contributed by atoms with van der Waals surface area (Å²) < 4.78 is 474. The molecule has 1 nitrogen and oxygen atoms in total. The van der Waals surface area contributed by atoms with Crippen LogP contribution in [-0.4, -0.2) is 13.1 Å². The predicted octanol–water partition coefficient (Wildman–Crippen LogP) is 28.0. The zero-order valence-corrected chi connectivity index (χ0v) is 33.9. The Bertz CT molecular complexity index is 986. The van der Waals surface area contributed by atoms with E-state index < -0.39 is 62.5 Å². The van der Waals surface area contributed by atoms with Gasteiger partial charge in [0.15, 0.2) is 0 Å². The van der Waals surface area contributed by atoms with Gasteiger partial charge in [-0.2, -0.15) is 0 Å². The number of nitrogens with one attached hydrogen (secondary N) is 1. The average molecular weight is 1270 g/mol. The molecule has 0 aromatic heterocycles. The maximum Gasteiger partial charge on any atom is 4.00 e. The van der Waals surface area contributed by atoms with Crippen LogP contribution < -0.4 is 5.32 Å². The molecule has 0 spiro atoms. The summed E-state index contributed by atoms with van der Waals surface area (Å²) in [5, 5.41) is 3.28. The molecule has 0 bridgehead atoms. The van der Waals surface area contributed by atoms with Crippen LogP contribution in [0.15, 0.2) is 0 Å². The van der Waals surface area contributed by atoms with E-state index in [4.69, 9.17) is 0 Å². The van der Waals surface area contributed by atoms with Crippen molar-refractivity contribution in [2.45, 2.75) is 19.3 Å². The second kappa shape index (κ2) is 15.3. The molecule has 1 aliphatic heterocycles. The molecule has 1 N–H and O–H groups in total. The molecule has 1 saturated heterocycles. The minimum Gasteiger partial charge on any atom is 4.00 e. The molecule has 57 heteroatoms. The van der Waals surface area contributed by atoms with Gasteiger partial charge in [0.05, 0.1) is 0 Å². The van der Waals surface area contributed by atoms with Crippen molar-refractivity contribution in [1.82, 2.24) is 5.32 Å². The summed E-state index contributed by atoms with van der Waals surface area (Å²) in [7, 11) is -85.3. The van der Waals surface area contributed by atoms with Gasteiger partial charge in [0.25, 0.3) is 0 Å². The molecule has 0 aliphatic carbocycles. The minimum atomic E-state index is -10.7. The van der Waals surface area contributed by atoms with Crippen LogP contribution in [0.25, 0.3) is 0 Å². The third-order valence-electron chi connectivity index (χ3n) is 1.21. The summed E-state index contributed by atoms with van der Waals surface area (Å²) in [6.07, 6.45) is 4.22. The number of piperidine rings is 1. The van der Waals surface area contributed by atoms with E-state index >= 15 is 0 Å². The van der Waals surface area contributed by atoms with Crippen molar-refractivity contribution in [3.8, 4) is 0 Å². The Balaban J connectivity index is -0.0000000638. The molecule has 1 rings (SSSR count). The van der Waals surface area contributed by atoms with Gasteiger partial charge in [0.2, 0.25) is 0 Å². The maximum atomic E-state index is 9.87. The Morgan fingerprint density at radius 2 is 0.219 bits per heavy atom. The van der Waals surface area contributed by atoms with Gasteiger partial charge in [-0.1, -0.05) is 6.42 Å². The van der Waals surface area contributed by atoms with Crippen molar-refractivity contribution >= 4 is 62.5 Å². The smallest absolute Gasteiger partial charge is 4.00 e. The number of halogens is 48. The van der Waals surface area contributed by atoms with Gasteiger partial charge in [0.1, 0.15) is 0 Å². The normalized spacial score (nSPS) is 22.5. The second-order valence-electron chi connectivity index (χ2n) is 9.48. The van der Waals surface area contributed by atoms with Crippen LogP contribution in [0.4, 0.5) is 201 Å². The fourth-order valence-electron chi connectivity index (χ4n) is 0.802. The van der Waals surface area contributed by atoms with Crippen molar-refractivity contribution in [3.05, 3.63) is 14.9 Å². The molecule has 0 unspecified atom stereocenters. The molecular weight excluding hydrogens is 1260 g/mol. The minimum absolute atomic E-state index is 0. The molecule has 0 atom stereocenters. The first-order chi connectivity index (χ1) is 22.6. The van der Waals surface area contributed by atoms with Crippen LogP contribution in [0, 0.1) is 14.9 Å². The quantitative estimate of drug-likeness (QED) is 0.188. The zero-order valence-electron chi connectivity index (χ0n) is 26.8. The molecule has 0 radical (unpaired) electrons. The van der Waals surface area contributed by atoms with Gasteiger partial charge in [-0.25, -0.2) is 0 Å². The number of hydrogen-bond acceptors (Lipinski definition) is 1. The molecule has 1 heterocycles. The van der Waals surface area contributed by atoms with Crippen molar-refractivity contribution in [1.29, 1.82) is 0 Å². The zero-order chi connectivity index (χ0) is 55.5. The van der Waals surface area contributed by atoms with E-state index in [1.165, 1.54) is 32.4 Å². The van der Waals surface area contributed by atoms with Crippen LogP contribution >= 0.6 is 62.5 Å². The van der Waals surface area contributed by atoms with Gasteiger partial charge in [-0.15, -0.1) is 0 Å². The molecule has 1 aliphatic rings. The van der Waals surface area contributed by atoms with E-state index in [9.17, 15) is 201 Å². The Morgan fingerprint density at radius 3 is 0.234 bits per heavy atom. The Kier molecular flexibility index (Phi) is 20.8. The summed E-state index contributed by atoms with van der Waals surface area (Å²) in [5.74, 6) is 0.